The standard InChI is InChI=1S/C26H33FN2O7S/c1-15(2)25-21(10-9-19(30)11-20(31)12-23(32)33)24(17-5-7-18(27)8-6-17)22-14-36-16(3)13-29(26(22)28-25)37(4,34)35/h5-10,15-16,19-20,30-31H,11-14H2,1-4H3,(H,32,33)/t16-,19-,20-/m1/s1. The number of nitrogens with zero attached hydrogens (tertiary/aromatic N) is 2. The van der Waals surface area contributed by atoms with Crippen LogP contribution in [0.15, 0.2) is 30.3 Å². The molecule has 2 heterocycles. The van der Waals surface area contributed by atoms with Crippen molar-refractivity contribution in [2.75, 3.05) is 17.1 Å². The Balaban J connectivity index is 2.26. The van der Waals surface area contributed by atoms with Crippen LogP contribution in [0, 0.1) is 5.82 Å². The SMILES string of the molecule is CC(C)c1nc2c(c(-c3ccc(F)cc3)c1C=C[C@@H](O)C[C@@H](O)CC(=O)O)CO[C@H](C)CN2S(C)(=O)=O. The predicted octanol–water partition coefficient (Wildman–Crippen LogP) is 3.30. The number of benzene rings is 1. The quantitative estimate of drug-likeness (QED) is 0.444. The van der Waals surface area contributed by atoms with Crippen LogP contribution in [0.3, 0.4) is 0 Å². The molecule has 2 aromatic rings. The molecule has 1 aliphatic heterocycles. The van der Waals surface area contributed by atoms with Crippen LogP contribution >= 0.6 is 0 Å². The summed E-state index contributed by atoms with van der Waals surface area (Å²) >= 11 is 0. The van der Waals surface area contributed by atoms with Crippen molar-refractivity contribution in [2.45, 2.75) is 64.4 Å². The van der Waals surface area contributed by atoms with E-state index in [0.717, 1.165) is 6.26 Å². The lowest BCUT2D eigenvalue weighted by molar-refractivity contribution is -0.139. The van der Waals surface area contributed by atoms with Gasteiger partial charge in [-0.25, -0.2) is 17.8 Å². The zero-order chi connectivity index (χ0) is 27.5. The molecule has 37 heavy (non-hydrogen) atoms. The Morgan fingerprint density at radius 3 is 2.49 bits per heavy atom. The summed E-state index contributed by atoms with van der Waals surface area (Å²) in [4.78, 5) is 15.6. The first-order valence-corrected chi connectivity index (χ1v) is 13.8. The van der Waals surface area contributed by atoms with Gasteiger partial charge in [0.15, 0.2) is 0 Å². The van der Waals surface area contributed by atoms with Gasteiger partial charge >= 0.3 is 5.97 Å². The monoisotopic (exact) mass is 536 g/mol. The number of aliphatic hydroxyl groups is 2. The molecule has 202 valence electrons. The van der Waals surface area contributed by atoms with Crippen molar-refractivity contribution in [3.8, 4) is 11.1 Å². The molecule has 1 aromatic heterocycles. The highest BCUT2D eigenvalue weighted by Gasteiger charge is 2.32. The van der Waals surface area contributed by atoms with Gasteiger partial charge in [-0.05, 0) is 36.1 Å². The number of carboxylic acid groups (broad SMARTS) is 1. The molecule has 0 saturated carbocycles. The second-order valence-corrected chi connectivity index (χ2v) is 11.5. The highest BCUT2D eigenvalue weighted by Crippen LogP contribution is 2.40. The number of carbonyl (C=O) groups is 1. The summed E-state index contributed by atoms with van der Waals surface area (Å²) in [6, 6.07) is 5.77. The summed E-state index contributed by atoms with van der Waals surface area (Å²) in [7, 11) is -3.71. The van der Waals surface area contributed by atoms with Crippen LogP contribution in [0.5, 0.6) is 0 Å². The van der Waals surface area contributed by atoms with E-state index in [1.54, 1.807) is 25.1 Å². The van der Waals surface area contributed by atoms with E-state index >= 15 is 0 Å². The Kier molecular flexibility index (Phi) is 9.06. The second kappa shape index (κ2) is 11.7. The van der Waals surface area contributed by atoms with Crippen LogP contribution in [-0.4, -0.2) is 65.8 Å². The van der Waals surface area contributed by atoms with Gasteiger partial charge in [0.1, 0.15) is 11.6 Å². The topological polar surface area (TPSA) is 137 Å². The third-order valence-corrected chi connectivity index (χ3v) is 7.13. The van der Waals surface area contributed by atoms with Gasteiger partial charge in [0.2, 0.25) is 10.0 Å². The van der Waals surface area contributed by atoms with Gasteiger partial charge in [-0.15, -0.1) is 0 Å². The van der Waals surface area contributed by atoms with E-state index in [-0.39, 0.29) is 31.3 Å². The van der Waals surface area contributed by atoms with E-state index in [2.05, 4.69) is 0 Å². The Bertz CT molecular complexity index is 1260. The maximum Gasteiger partial charge on any atom is 0.305 e. The number of sulfonamides is 1. The average molecular weight is 537 g/mol. The number of aliphatic hydroxyl groups excluding tert-OH is 2. The molecule has 0 amide bonds. The van der Waals surface area contributed by atoms with E-state index in [9.17, 15) is 27.8 Å². The molecule has 0 fully saturated rings. The Hall–Kier alpha value is -2.86. The minimum absolute atomic E-state index is 0.0569. The molecular weight excluding hydrogens is 503 g/mol. The van der Waals surface area contributed by atoms with Crippen LogP contribution < -0.4 is 4.31 Å². The zero-order valence-electron chi connectivity index (χ0n) is 21.3. The van der Waals surface area contributed by atoms with E-state index < -0.39 is 46.5 Å². The number of aliphatic carboxylic acids is 1. The molecule has 3 N–H and O–H groups in total. The van der Waals surface area contributed by atoms with Gasteiger partial charge < -0.3 is 20.1 Å². The van der Waals surface area contributed by atoms with Crippen molar-refractivity contribution < 1.29 is 37.7 Å². The highest BCUT2D eigenvalue weighted by atomic mass is 32.2. The summed E-state index contributed by atoms with van der Waals surface area (Å²) in [5, 5.41) is 29.2. The average Bonchev–Trinajstić information content (AvgIpc) is 2.95. The van der Waals surface area contributed by atoms with Crippen molar-refractivity contribution in [1.82, 2.24) is 4.98 Å². The number of aromatic nitrogens is 1. The van der Waals surface area contributed by atoms with Gasteiger partial charge in [0.05, 0.1) is 49.8 Å². The molecule has 0 unspecified atom stereocenters. The van der Waals surface area contributed by atoms with Crippen molar-refractivity contribution >= 4 is 27.9 Å². The molecular formula is C26H33FN2O7S. The first-order chi connectivity index (χ1) is 17.3. The van der Waals surface area contributed by atoms with E-state index in [1.807, 2.05) is 13.8 Å². The lowest BCUT2D eigenvalue weighted by Crippen LogP contribution is -2.36. The van der Waals surface area contributed by atoms with E-state index in [1.165, 1.54) is 22.5 Å². The molecule has 3 rings (SSSR count). The minimum atomic E-state index is -3.71. The van der Waals surface area contributed by atoms with E-state index in [4.69, 9.17) is 14.8 Å². The summed E-state index contributed by atoms with van der Waals surface area (Å²) in [5.74, 6) is -1.54. The summed E-state index contributed by atoms with van der Waals surface area (Å²) < 4.78 is 46.5. The van der Waals surface area contributed by atoms with Crippen LogP contribution in [0.2, 0.25) is 0 Å². The number of anilines is 1. The van der Waals surface area contributed by atoms with Crippen LogP contribution in [0.1, 0.15) is 56.4 Å². The normalized spacial score (nSPS) is 18.1. The summed E-state index contributed by atoms with van der Waals surface area (Å²) in [5.41, 5.74) is 2.83. The molecule has 0 aliphatic carbocycles. The summed E-state index contributed by atoms with van der Waals surface area (Å²) in [6.07, 6.45) is 0.673. The third-order valence-electron chi connectivity index (χ3n) is 6.00. The molecule has 3 atom stereocenters. The molecule has 9 nitrogen and oxygen atoms in total. The Labute approximate surface area is 216 Å². The van der Waals surface area contributed by atoms with Crippen LogP contribution in [-0.2, 0) is 26.2 Å². The second-order valence-electron chi connectivity index (χ2n) is 9.58. The number of hydrogen-bond acceptors (Lipinski definition) is 7. The predicted molar refractivity (Wildman–Crippen MR) is 138 cm³/mol. The molecule has 0 spiro atoms. The van der Waals surface area contributed by atoms with Crippen LogP contribution in [0.4, 0.5) is 10.2 Å². The number of halogens is 1. The molecule has 1 aliphatic rings. The largest absolute Gasteiger partial charge is 0.481 e. The highest BCUT2D eigenvalue weighted by molar-refractivity contribution is 7.92. The van der Waals surface area contributed by atoms with Gasteiger partial charge in [0.25, 0.3) is 0 Å². The number of hydrogen-bond donors (Lipinski definition) is 3. The number of rotatable bonds is 9. The Morgan fingerprint density at radius 2 is 1.92 bits per heavy atom. The lowest BCUT2D eigenvalue weighted by atomic mass is 9.90. The smallest absolute Gasteiger partial charge is 0.305 e. The van der Waals surface area contributed by atoms with Crippen molar-refractivity contribution in [3.05, 3.63) is 53.0 Å². The minimum Gasteiger partial charge on any atom is -0.481 e. The molecule has 0 radical (unpaired) electrons. The third kappa shape index (κ3) is 7.13. The summed E-state index contributed by atoms with van der Waals surface area (Å²) in [6.45, 7) is 5.70. The number of fused-ring (bicyclic) bond motifs is 1. The number of carboxylic acids is 1. The number of pyridine rings is 1. The zero-order valence-corrected chi connectivity index (χ0v) is 22.1. The van der Waals surface area contributed by atoms with Crippen molar-refractivity contribution in [2.24, 2.45) is 0 Å². The fourth-order valence-electron chi connectivity index (χ4n) is 4.28. The first kappa shape index (κ1) is 28.7. The van der Waals surface area contributed by atoms with E-state index in [0.29, 0.717) is 27.9 Å². The van der Waals surface area contributed by atoms with Gasteiger partial charge in [-0.2, -0.15) is 0 Å². The number of ether oxygens (including phenoxy) is 1. The van der Waals surface area contributed by atoms with Gasteiger partial charge in [0, 0.05) is 17.5 Å². The van der Waals surface area contributed by atoms with Crippen molar-refractivity contribution in [3.63, 3.8) is 0 Å². The molecule has 1 aromatic carbocycles. The van der Waals surface area contributed by atoms with Gasteiger partial charge in [-0.3, -0.25) is 9.10 Å². The van der Waals surface area contributed by atoms with Gasteiger partial charge in [-0.1, -0.05) is 38.1 Å². The maximum absolute atomic E-state index is 13.8. The van der Waals surface area contributed by atoms with Crippen molar-refractivity contribution in [1.29, 1.82) is 0 Å². The van der Waals surface area contributed by atoms with Crippen LogP contribution in [0.25, 0.3) is 17.2 Å². The molecule has 11 heteroatoms. The maximum atomic E-state index is 13.8. The molecule has 0 saturated heterocycles. The fourth-order valence-corrected chi connectivity index (χ4v) is 5.23. The molecule has 0 bridgehead atoms. The lowest BCUT2D eigenvalue weighted by Gasteiger charge is -2.26. The fraction of sp³-hybridized carbons (Fsp3) is 0.462. The first-order valence-electron chi connectivity index (χ1n) is 12.0. The Morgan fingerprint density at radius 1 is 1.27 bits per heavy atom.